The molecular weight excluding hydrogens is 325 g/mol. The van der Waals surface area contributed by atoms with Gasteiger partial charge >= 0.3 is 0 Å². The molecular formula is C17H16FN5O2. The third kappa shape index (κ3) is 3.47. The van der Waals surface area contributed by atoms with Gasteiger partial charge in [-0.15, -0.1) is 0 Å². The summed E-state index contributed by atoms with van der Waals surface area (Å²) >= 11 is 0. The van der Waals surface area contributed by atoms with Gasteiger partial charge in [0.15, 0.2) is 0 Å². The van der Waals surface area contributed by atoms with E-state index in [1.165, 1.54) is 31.3 Å². The highest BCUT2D eigenvalue weighted by molar-refractivity contribution is 5.92. The summed E-state index contributed by atoms with van der Waals surface area (Å²) in [5.74, 6) is -0.358. The Bertz CT molecular complexity index is 979. The average Bonchev–Trinajstić information content (AvgIpc) is 3.00. The Labute approximate surface area is 142 Å². The lowest BCUT2D eigenvalue weighted by Gasteiger charge is -2.19. The van der Waals surface area contributed by atoms with Crippen LogP contribution in [0.4, 0.5) is 4.39 Å². The summed E-state index contributed by atoms with van der Waals surface area (Å²) in [4.78, 5) is 28.2. The fourth-order valence-corrected chi connectivity index (χ4v) is 2.47. The van der Waals surface area contributed by atoms with Gasteiger partial charge in [-0.05, 0) is 23.8 Å². The number of hydrogen-bond donors (Lipinski definition) is 1. The molecule has 7 nitrogen and oxygen atoms in total. The minimum atomic E-state index is -0.665. The molecule has 3 rings (SSSR count). The molecule has 0 fully saturated rings. The largest absolute Gasteiger partial charge is 0.337 e. The Morgan fingerprint density at radius 1 is 1.24 bits per heavy atom. The van der Waals surface area contributed by atoms with E-state index in [4.69, 9.17) is 0 Å². The van der Waals surface area contributed by atoms with Crippen molar-refractivity contribution >= 4 is 5.91 Å². The van der Waals surface area contributed by atoms with Gasteiger partial charge in [0.05, 0.1) is 0 Å². The first kappa shape index (κ1) is 16.6. The van der Waals surface area contributed by atoms with Crippen LogP contribution in [0.5, 0.6) is 0 Å². The number of rotatable bonds is 4. The minimum absolute atomic E-state index is 0.0812. The number of imidazole rings is 1. The van der Waals surface area contributed by atoms with Crippen molar-refractivity contribution in [1.82, 2.24) is 24.6 Å². The molecule has 3 aromatic rings. The van der Waals surface area contributed by atoms with E-state index in [-0.39, 0.29) is 11.3 Å². The van der Waals surface area contributed by atoms with Gasteiger partial charge < -0.3 is 9.88 Å². The van der Waals surface area contributed by atoms with Crippen LogP contribution < -0.4 is 10.9 Å². The zero-order valence-electron chi connectivity index (χ0n) is 13.7. The summed E-state index contributed by atoms with van der Waals surface area (Å²) in [6.45, 7) is 0. The highest BCUT2D eigenvalue weighted by Gasteiger charge is 2.22. The maximum Gasteiger partial charge on any atom is 0.272 e. The number of carbonyl (C=O) groups is 1. The van der Waals surface area contributed by atoms with Gasteiger partial charge in [0, 0.05) is 32.6 Å². The number of carbonyl (C=O) groups excluding carboxylic acids is 1. The summed E-state index contributed by atoms with van der Waals surface area (Å²) < 4.78 is 16.5. The monoisotopic (exact) mass is 341 g/mol. The second-order valence-electron chi connectivity index (χ2n) is 5.54. The number of nitrogens with one attached hydrogen (secondary N) is 1. The number of halogens is 1. The Kier molecular flexibility index (Phi) is 4.42. The minimum Gasteiger partial charge on any atom is -0.337 e. The van der Waals surface area contributed by atoms with Crippen molar-refractivity contribution < 1.29 is 9.18 Å². The third-order valence-electron chi connectivity index (χ3n) is 3.77. The van der Waals surface area contributed by atoms with Crippen molar-refractivity contribution in [2.24, 2.45) is 14.1 Å². The zero-order valence-corrected chi connectivity index (χ0v) is 13.7. The third-order valence-corrected chi connectivity index (χ3v) is 3.77. The molecule has 0 aliphatic carbocycles. The van der Waals surface area contributed by atoms with Crippen molar-refractivity contribution in [2.75, 3.05) is 0 Å². The zero-order chi connectivity index (χ0) is 18.0. The molecule has 0 saturated heterocycles. The van der Waals surface area contributed by atoms with Crippen molar-refractivity contribution in [3.63, 3.8) is 0 Å². The van der Waals surface area contributed by atoms with Crippen LogP contribution in [0.15, 0.2) is 53.6 Å². The van der Waals surface area contributed by atoms with Gasteiger partial charge in [0.25, 0.3) is 11.5 Å². The molecule has 0 unspecified atom stereocenters. The molecule has 0 aliphatic rings. The van der Waals surface area contributed by atoms with E-state index in [1.807, 2.05) is 0 Å². The van der Waals surface area contributed by atoms with Crippen molar-refractivity contribution in [3.8, 4) is 0 Å². The number of benzene rings is 1. The number of aryl methyl sites for hydroxylation is 2. The number of amides is 1. The maximum atomic E-state index is 13.6. The summed E-state index contributed by atoms with van der Waals surface area (Å²) in [6, 6.07) is 7.89. The normalized spacial score (nSPS) is 12.0. The standard InChI is InChI=1S/C17H16FN5O2/c1-22-9-8-19-16(22)15(11-4-3-5-12(18)10-11)20-17(25)13-6-7-14(24)23(2)21-13/h3-10,15H,1-2H3,(H,20,25)/t15-/m1/s1. The van der Waals surface area contributed by atoms with E-state index < -0.39 is 17.8 Å². The van der Waals surface area contributed by atoms with Crippen LogP contribution in [0.1, 0.15) is 27.9 Å². The van der Waals surface area contributed by atoms with E-state index in [1.54, 1.807) is 36.1 Å². The summed E-state index contributed by atoms with van der Waals surface area (Å²) in [5.41, 5.74) is 0.313. The lowest BCUT2D eigenvalue weighted by atomic mass is 10.1. The quantitative estimate of drug-likeness (QED) is 0.772. The van der Waals surface area contributed by atoms with Crippen LogP contribution in [0, 0.1) is 5.82 Å². The Morgan fingerprint density at radius 3 is 2.68 bits per heavy atom. The van der Waals surface area contributed by atoms with Crippen LogP contribution in [-0.2, 0) is 14.1 Å². The van der Waals surface area contributed by atoms with E-state index in [9.17, 15) is 14.0 Å². The Morgan fingerprint density at radius 2 is 2.04 bits per heavy atom. The van der Waals surface area contributed by atoms with Gasteiger partial charge in [-0.2, -0.15) is 5.10 Å². The number of nitrogens with zero attached hydrogens (tertiary/aromatic N) is 4. The molecule has 2 heterocycles. The van der Waals surface area contributed by atoms with Crippen LogP contribution >= 0.6 is 0 Å². The SMILES string of the molecule is Cn1ccnc1[C@H](NC(=O)c1ccc(=O)n(C)n1)c1cccc(F)c1. The molecule has 1 N–H and O–H groups in total. The molecule has 25 heavy (non-hydrogen) atoms. The predicted molar refractivity (Wildman–Crippen MR) is 88.4 cm³/mol. The number of hydrogen-bond acceptors (Lipinski definition) is 4. The predicted octanol–water partition coefficient (Wildman–Crippen LogP) is 1.17. The molecule has 0 saturated carbocycles. The van der Waals surface area contributed by atoms with Crippen molar-refractivity contribution in [1.29, 1.82) is 0 Å². The lowest BCUT2D eigenvalue weighted by Crippen LogP contribution is -2.33. The molecule has 1 amide bonds. The van der Waals surface area contributed by atoms with Crippen LogP contribution in [0.3, 0.4) is 0 Å². The first-order valence-corrected chi connectivity index (χ1v) is 7.53. The highest BCUT2D eigenvalue weighted by Crippen LogP contribution is 2.21. The molecule has 0 bridgehead atoms. The van der Waals surface area contributed by atoms with Gasteiger partial charge in [-0.25, -0.2) is 14.1 Å². The maximum absolute atomic E-state index is 13.6. The lowest BCUT2D eigenvalue weighted by molar-refractivity contribution is 0.0933. The molecule has 8 heteroatoms. The van der Waals surface area contributed by atoms with Crippen LogP contribution in [-0.4, -0.2) is 25.2 Å². The molecule has 128 valence electrons. The summed E-state index contributed by atoms with van der Waals surface area (Å²) in [7, 11) is 3.24. The first-order chi connectivity index (χ1) is 12.0. The molecule has 0 radical (unpaired) electrons. The first-order valence-electron chi connectivity index (χ1n) is 7.53. The Balaban J connectivity index is 1.97. The topological polar surface area (TPSA) is 81.8 Å². The summed E-state index contributed by atoms with van der Waals surface area (Å²) in [6.07, 6.45) is 3.33. The fourth-order valence-electron chi connectivity index (χ4n) is 2.47. The van der Waals surface area contributed by atoms with E-state index >= 15 is 0 Å². The second kappa shape index (κ2) is 6.68. The van der Waals surface area contributed by atoms with E-state index in [0.717, 1.165) is 4.68 Å². The summed E-state index contributed by atoms with van der Waals surface area (Å²) in [5, 5.41) is 6.73. The van der Waals surface area contributed by atoms with Gasteiger partial charge in [0.1, 0.15) is 23.4 Å². The average molecular weight is 341 g/mol. The van der Waals surface area contributed by atoms with Gasteiger partial charge in [-0.1, -0.05) is 12.1 Å². The number of aromatic nitrogens is 4. The van der Waals surface area contributed by atoms with Crippen LogP contribution in [0.2, 0.25) is 0 Å². The second-order valence-corrected chi connectivity index (χ2v) is 5.54. The Hall–Kier alpha value is -3.29. The highest BCUT2D eigenvalue weighted by atomic mass is 19.1. The molecule has 1 atom stereocenters. The van der Waals surface area contributed by atoms with E-state index in [2.05, 4.69) is 15.4 Å². The van der Waals surface area contributed by atoms with Crippen molar-refractivity contribution in [3.05, 3.63) is 82.0 Å². The van der Waals surface area contributed by atoms with Crippen molar-refractivity contribution in [2.45, 2.75) is 6.04 Å². The van der Waals surface area contributed by atoms with Gasteiger partial charge in [0.2, 0.25) is 0 Å². The van der Waals surface area contributed by atoms with E-state index in [0.29, 0.717) is 11.4 Å². The fraction of sp³-hybridized carbons (Fsp3) is 0.176. The molecule has 1 aromatic carbocycles. The van der Waals surface area contributed by atoms with Gasteiger partial charge in [-0.3, -0.25) is 9.59 Å². The molecule has 2 aromatic heterocycles. The molecule has 0 aliphatic heterocycles. The smallest absolute Gasteiger partial charge is 0.272 e. The molecule has 0 spiro atoms. The van der Waals surface area contributed by atoms with Crippen LogP contribution in [0.25, 0.3) is 0 Å².